The van der Waals surface area contributed by atoms with Gasteiger partial charge in [-0.05, 0) is 18.6 Å². The van der Waals surface area contributed by atoms with Crippen LogP contribution in [0.3, 0.4) is 0 Å². The SMILES string of the molecule is O=C(OC1CCC(Cl)N1)c1ccncc1. The predicted molar refractivity (Wildman–Crippen MR) is 55.5 cm³/mol. The molecule has 1 aromatic rings. The van der Waals surface area contributed by atoms with Gasteiger partial charge >= 0.3 is 5.97 Å². The largest absolute Gasteiger partial charge is 0.443 e. The van der Waals surface area contributed by atoms with Gasteiger partial charge in [0.2, 0.25) is 0 Å². The van der Waals surface area contributed by atoms with Gasteiger partial charge in [0.15, 0.2) is 6.23 Å². The van der Waals surface area contributed by atoms with Gasteiger partial charge in [0.25, 0.3) is 0 Å². The Labute approximate surface area is 92.6 Å². The molecule has 2 unspecified atom stereocenters. The van der Waals surface area contributed by atoms with Gasteiger partial charge in [-0.15, -0.1) is 11.6 Å². The number of hydrogen-bond acceptors (Lipinski definition) is 4. The first-order valence-corrected chi connectivity index (χ1v) is 5.20. The van der Waals surface area contributed by atoms with Gasteiger partial charge < -0.3 is 4.74 Å². The van der Waals surface area contributed by atoms with Crippen LogP contribution in [0, 0.1) is 0 Å². The molecular formula is C10H11ClN2O2. The van der Waals surface area contributed by atoms with Crippen molar-refractivity contribution in [3.63, 3.8) is 0 Å². The first-order valence-electron chi connectivity index (χ1n) is 4.77. The molecule has 0 aliphatic carbocycles. The second-order valence-corrected chi connectivity index (χ2v) is 3.87. The van der Waals surface area contributed by atoms with Crippen LogP contribution < -0.4 is 5.32 Å². The fourth-order valence-corrected chi connectivity index (χ4v) is 1.71. The van der Waals surface area contributed by atoms with Crippen LogP contribution in [0.2, 0.25) is 0 Å². The van der Waals surface area contributed by atoms with Crippen molar-refractivity contribution in [2.24, 2.45) is 0 Å². The van der Waals surface area contributed by atoms with Crippen LogP contribution in [0.4, 0.5) is 0 Å². The third kappa shape index (κ3) is 2.67. The summed E-state index contributed by atoms with van der Waals surface area (Å²) in [5, 5.41) is 2.96. The van der Waals surface area contributed by atoms with Crippen LogP contribution in [-0.4, -0.2) is 22.7 Å². The zero-order valence-electron chi connectivity index (χ0n) is 8.02. The highest BCUT2D eigenvalue weighted by atomic mass is 35.5. The van der Waals surface area contributed by atoms with E-state index in [-0.39, 0.29) is 17.7 Å². The normalized spacial score (nSPS) is 25.1. The number of esters is 1. The van der Waals surface area contributed by atoms with E-state index in [4.69, 9.17) is 16.3 Å². The quantitative estimate of drug-likeness (QED) is 0.472. The Bertz CT molecular complexity index is 345. The lowest BCUT2D eigenvalue weighted by Crippen LogP contribution is -2.30. The molecule has 0 spiro atoms. The summed E-state index contributed by atoms with van der Waals surface area (Å²) < 4.78 is 5.21. The van der Waals surface area contributed by atoms with Crippen LogP contribution in [-0.2, 0) is 4.74 Å². The zero-order chi connectivity index (χ0) is 10.7. The maximum Gasteiger partial charge on any atom is 0.339 e. The van der Waals surface area contributed by atoms with E-state index in [2.05, 4.69) is 10.3 Å². The highest BCUT2D eigenvalue weighted by Crippen LogP contribution is 2.17. The summed E-state index contributed by atoms with van der Waals surface area (Å²) in [6, 6.07) is 3.24. The average molecular weight is 227 g/mol. The van der Waals surface area contributed by atoms with Crippen LogP contribution in [0.1, 0.15) is 23.2 Å². The van der Waals surface area contributed by atoms with Crippen molar-refractivity contribution >= 4 is 17.6 Å². The molecule has 1 aliphatic rings. The number of halogens is 1. The van der Waals surface area contributed by atoms with E-state index in [1.807, 2.05) is 0 Å². The van der Waals surface area contributed by atoms with E-state index in [9.17, 15) is 4.79 Å². The Morgan fingerprint density at radius 3 is 2.80 bits per heavy atom. The van der Waals surface area contributed by atoms with Crippen molar-refractivity contribution in [3.8, 4) is 0 Å². The zero-order valence-corrected chi connectivity index (χ0v) is 8.78. The molecule has 0 amide bonds. The second kappa shape index (κ2) is 4.59. The lowest BCUT2D eigenvalue weighted by Gasteiger charge is -2.12. The highest BCUT2D eigenvalue weighted by molar-refractivity contribution is 6.20. The second-order valence-electron chi connectivity index (χ2n) is 3.34. The molecule has 1 aromatic heterocycles. The van der Waals surface area contributed by atoms with Crippen molar-refractivity contribution in [2.45, 2.75) is 24.6 Å². The standard InChI is InChI=1S/C10H11ClN2O2/c11-8-1-2-9(13-8)15-10(14)7-3-5-12-6-4-7/h3-6,8-9,13H,1-2H2. The predicted octanol–water partition coefficient (Wildman–Crippen LogP) is 1.51. The van der Waals surface area contributed by atoms with Gasteiger partial charge in [-0.3, -0.25) is 10.3 Å². The van der Waals surface area contributed by atoms with Gasteiger partial charge in [-0.25, -0.2) is 4.79 Å². The molecule has 1 saturated heterocycles. The molecule has 0 saturated carbocycles. The Hall–Kier alpha value is -1.13. The Kier molecular flexibility index (Phi) is 3.18. The highest BCUT2D eigenvalue weighted by Gasteiger charge is 2.25. The summed E-state index contributed by atoms with van der Waals surface area (Å²) in [4.78, 5) is 15.4. The first-order chi connectivity index (χ1) is 7.25. The van der Waals surface area contributed by atoms with Gasteiger partial charge in [0.05, 0.1) is 11.1 Å². The molecule has 15 heavy (non-hydrogen) atoms. The summed E-state index contributed by atoms with van der Waals surface area (Å²) in [5.41, 5.74) is 0.407. The van der Waals surface area contributed by atoms with E-state index in [1.54, 1.807) is 24.5 Å². The van der Waals surface area contributed by atoms with Crippen molar-refractivity contribution in [1.29, 1.82) is 0 Å². The van der Waals surface area contributed by atoms with Crippen LogP contribution in [0.15, 0.2) is 24.5 Å². The van der Waals surface area contributed by atoms with E-state index >= 15 is 0 Å². The number of hydrogen-bond donors (Lipinski definition) is 1. The van der Waals surface area contributed by atoms with Crippen LogP contribution >= 0.6 is 11.6 Å². The van der Waals surface area contributed by atoms with Gasteiger partial charge in [0, 0.05) is 18.8 Å². The monoisotopic (exact) mass is 226 g/mol. The summed E-state index contributed by atoms with van der Waals surface area (Å²) in [7, 11) is 0. The first kappa shape index (κ1) is 10.4. The number of alkyl halides is 1. The number of aromatic nitrogens is 1. The molecule has 1 aliphatic heterocycles. The van der Waals surface area contributed by atoms with E-state index < -0.39 is 0 Å². The molecule has 0 aromatic carbocycles. The van der Waals surface area contributed by atoms with Crippen LogP contribution in [0.25, 0.3) is 0 Å². The molecule has 1 N–H and O–H groups in total. The third-order valence-electron chi connectivity index (χ3n) is 2.21. The number of nitrogens with zero attached hydrogens (tertiary/aromatic N) is 1. The molecule has 0 radical (unpaired) electrons. The number of carbonyl (C=O) groups excluding carboxylic acids is 1. The van der Waals surface area contributed by atoms with Crippen molar-refractivity contribution in [1.82, 2.24) is 10.3 Å². The average Bonchev–Trinajstić information content (AvgIpc) is 2.65. The van der Waals surface area contributed by atoms with Crippen molar-refractivity contribution < 1.29 is 9.53 Å². The van der Waals surface area contributed by atoms with E-state index in [1.165, 1.54) is 0 Å². The van der Waals surface area contributed by atoms with E-state index in [0.717, 1.165) is 12.8 Å². The molecule has 2 rings (SSSR count). The maximum absolute atomic E-state index is 11.6. The summed E-state index contributed by atoms with van der Waals surface area (Å²) in [6.45, 7) is 0. The Morgan fingerprint density at radius 2 is 2.20 bits per heavy atom. The number of pyridine rings is 1. The number of ether oxygens (including phenoxy) is 1. The summed E-state index contributed by atoms with van der Waals surface area (Å²) in [5.74, 6) is -0.347. The molecule has 4 nitrogen and oxygen atoms in total. The summed E-state index contributed by atoms with van der Waals surface area (Å²) >= 11 is 5.82. The number of rotatable bonds is 2. The molecule has 80 valence electrons. The smallest absolute Gasteiger partial charge is 0.339 e. The minimum Gasteiger partial charge on any atom is -0.443 e. The van der Waals surface area contributed by atoms with Crippen LogP contribution in [0.5, 0.6) is 0 Å². The Morgan fingerprint density at radius 1 is 1.47 bits per heavy atom. The van der Waals surface area contributed by atoms with Gasteiger partial charge in [-0.2, -0.15) is 0 Å². The molecule has 0 bridgehead atoms. The topological polar surface area (TPSA) is 51.2 Å². The Balaban J connectivity index is 1.93. The molecule has 2 heterocycles. The minimum atomic E-state index is -0.347. The number of carbonyl (C=O) groups is 1. The maximum atomic E-state index is 11.6. The lowest BCUT2D eigenvalue weighted by atomic mass is 10.3. The fourth-order valence-electron chi connectivity index (χ4n) is 1.44. The van der Waals surface area contributed by atoms with Gasteiger partial charge in [0.1, 0.15) is 0 Å². The molecular weight excluding hydrogens is 216 g/mol. The van der Waals surface area contributed by atoms with Crippen molar-refractivity contribution in [2.75, 3.05) is 0 Å². The minimum absolute atomic E-state index is 0.0970. The van der Waals surface area contributed by atoms with Gasteiger partial charge in [-0.1, -0.05) is 0 Å². The lowest BCUT2D eigenvalue weighted by molar-refractivity contribution is 0.0264. The summed E-state index contributed by atoms with van der Waals surface area (Å²) in [6.07, 6.45) is 4.42. The fraction of sp³-hybridized carbons (Fsp3) is 0.400. The molecule has 2 atom stereocenters. The molecule has 5 heteroatoms. The van der Waals surface area contributed by atoms with E-state index in [0.29, 0.717) is 5.56 Å². The third-order valence-corrected chi connectivity index (χ3v) is 2.56. The van der Waals surface area contributed by atoms with Crippen molar-refractivity contribution in [3.05, 3.63) is 30.1 Å². The number of nitrogens with one attached hydrogen (secondary N) is 1. The molecule has 1 fully saturated rings.